The van der Waals surface area contributed by atoms with Gasteiger partial charge < -0.3 is 5.11 Å². The molecule has 0 heterocycles. The van der Waals surface area contributed by atoms with Gasteiger partial charge >= 0.3 is 0 Å². The first-order valence-electron chi connectivity index (χ1n) is 12.7. The summed E-state index contributed by atoms with van der Waals surface area (Å²) in [6, 6.07) is 9.39. The minimum Gasteiger partial charge on any atom is -0.388 e. The van der Waals surface area contributed by atoms with Crippen LogP contribution in [0.4, 0.5) is 0 Å². The van der Waals surface area contributed by atoms with E-state index in [4.69, 9.17) is 6.42 Å². The molecule has 1 N–H and O–H groups in total. The van der Waals surface area contributed by atoms with E-state index in [9.17, 15) is 9.90 Å². The van der Waals surface area contributed by atoms with E-state index in [1.807, 2.05) is 6.08 Å². The highest BCUT2D eigenvalue weighted by Crippen LogP contribution is 2.67. The summed E-state index contributed by atoms with van der Waals surface area (Å²) in [5, 5.41) is 11.8. The second-order valence-corrected chi connectivity index (χ2v) is 11.4. The molecule has 0 aromatic heterocycles. The summed E-state index contributed by atoms with van der Waals surface area (Å²) in [6.07, 6.45) is 17.2. The summed E-state index contributed by atoms with van der Waals surface area (Å²) >= 11 is 0. The second-order valence-electron chi connectivity index (χ2n) is 11.4. The van der Waals surface area contributed by atoms with Crippen LogP contribution in [0.3, 0.4) is 0 Å². The minimum atomic E-state index is -0.770. The third-order valence-corrected chi connectivity index (χ3v) is 9.84. The van der Waals surface area contributed by atoms with Crippen LogP contribution in [0, 0.1) is 29.6 Å². The zero-order valence-electron chi connectivity index (χ0n) is 19.2. The number of hydrogen-bond acceptors (Lipinski definition) is 2. The molecule has 3 saturated carbocycles. The van der Waals surface area contributed by atoms with Crippen molar-refractivity contribution < 1.29 is 9.90 Å². The van der Waals surface area contributed by atoms with Crippen molar-refractivity contribution in [2.24, 2.45) is 17.3 Å². The molecule has 3 fully saturated rings. The fourth-order valence-electron chi connectivity index (χ4n) is 7.93. The van der Waals surface area contributed by atoms with E-state index in [1.165, 1.54) is 35.1 Å². The Hall–Kier alpha value is -2.11. The summed E-state index contributed by atoms with van der Waals surface area (Å²) < 4.78 is 0. The molecule has 2 nitrogen and oxygen atoms in total. The fourth-order valence-corrected chi connectivity index (χ4v) is 7.93. The lowest BCUT2D eigenvalue weighted by Gasteiger charge is -2.54. The SMILES string of the molecule is C#CC[C@]1(O)CC[C@H]2[C@@H]3CCC4=CC(=O)CCC4=C3[C@@H](c3ccc(C4CC4)cc3)C[C@@]21C. The number of allylic oxidation sites excluding steroid dienone is 4. The predicted molar refractivity (Wildman–Crippen MR) is 127 cm³/mol. The van der Waals surface area contributed by atoms with Gasteiger partial charge in [-0.3, -0.25) is 4.79 Å². The number of benzene rings is 1. The van der Waals surface area contributed by atoms with E-state index >= 15 is 0 Å². The first-order chi connectivity index (χ1) is 15.4. The maximum absolute atomic E-state index is 12.2. The first-order valence-corrected chi connectivity index (χ1v) is 12.7. The maximum atomic E-state index is 12.2. The van der Waals surface area contributed by atoms with Crippen molar-refractivity contribution in [3.8, 4) is 12.3 Å². The van der Waals surface area contributed by atoms with Crippen LogP contribution >= 0.6 is 0 Å². The number of carbonyl (C=O) groups is 1. The monoisotopic (exact) mass is 426 g/mol. The van der Waals surface area contributed by atoms with Gasteiger partial charge in [0.1, 0.15) is 0 Å². The molecule has 166 valence electrons. The quantitative estimate of drug-likeness (QED) is 0.583. The highest BCUT2D eigenvalue weighted by Gasteiger charge is 2.62. The van der Waals surface area contributed by atoms with Gasteiger partial charge in [0, 0.05) is 24.2 Å². The van der Waals surface area contributed by atoms with Crippen molar-refractivity contribution in [2.45, 2.75) is 88.6 Å². The van der Waals surface area contributed by atoms with Gasteiger partial charge in [-0.15, -0.1) is 12.3 Å². The van der Waals surface area contributed by atoms with Crippen LogP contribution < -0.4 is 0 Å². The Morgan fingerprint density at radius 3 is 2.53 bits per heavy atom. The van der Waals surface area contributed by atoms with Crippen molar-refractivity contribution in [1.82, 2.24) is 0 Å². The van der Waals surface area contributed by atoms with E-state index in [0.717, 1.165) is 44.4 Å². The van der Waals surface area contributed by atoms with Crippen molar-refractivity contribution in [2.75, 3.05) is 0 Å². The molecule has 0 radical (unpaired) electrons. The maximum Gasteiger partial charge on any atom is 0.156 e. The summed E-state index contributed by atoms with van der Waals surface area (Å²) in [5.74, 6) is 5.13. The Labute approximate surface area is 192 Å². The van der Waals surface area contributed by atoms with Crippen molar-refractivity contribution in [3.63, 3.8) is 0 Å². The summed E-state index contributed by atoms with van der Waals surface area (Å²) in [4.78, 5) is 12.2. The van der Waals surface area contributed by atoms with Crippen LogP contribution in [0.25, 0.3) is 0 Å². The third kappa shape index (κ3) is 2.94. The molecule has 0 spiro atoms. The molecule has 0 unspecified atom stereocenters. The lowest BCUT2D eigenvalue weighted by atomic mass is 9.51. The van der Waals surface area contributed by atoms with Crippen LogP contribution in [0.5, 0.6) is 0 Å². The number of terminal acetylenes is 1. The van der Waals surface area contributed by atoms with Crippen molar-refractivity contribution >= 4 is 5.78 Å². The van der Waals surface area contributed by atoms with Gasteiger partial charge in [0.15, 0.2) is 5.78 Å². The van der Waals surface area contributed by atoms with E-state index in [1.54, 1.807) is 5.57 Å². The van der Waals surface area contributed by atoms with E-state index < -0.39 is 5.60 Å². The molecule has 0 amide bonds. The van der Waals surface area contributed by atoms with Crippen LogP contribution in [0.15, 0.2) is 47.1 Å². The molecular weight excluding hydrogens is 392 g/mol. The Morgan fingerprint density at radius 2 is 1.81 bits per heavy atom. The minimum absolute atomic E-state index is 0.167. The average molecular weight is 427 g/mol. The standard InChI is InChI=1S/C30H34O2/c1-3-15-30(32)16-14-27-25-12-10-22-17-23(31)11-13-24(22)28(25)26(18-29(27,30)2)21-8-6-20(7-9-21)19-4-5-19/h1,6-9,17,19,25-27,32H,4-5,10-16,18H2,2H3/t25-,26+,27-,29-,30-/m0/s1. The van der Waals surface area contributed by atoms with Crippen LogP contribution in [-0.2, 0) is 4.79 Å². The Balaban J connectivity index is 1.49. The van der Waals surface area contributed by atoms with Gasteiger partial charge in [-0.1, -0.05) is 36.8 Å². The van der Waals surface area contributed by atoms with Gasteiger partial charge in [0.2, 0.25) is 0 Å². The summed E-state index contributed by atoms with van der Waals surface area (Å²) in [7, 11) is 0. The number of fused-ring (bicyclic) bond motifs is 4. The lowest BCUT2D eigenvalue weighted by molar-refractivity contribution is -0.114. The van der Waals surface area contributed by atoms with Crippen LogP contribution in [0.2, 0.25) is 0 Å². The van der Waals surface area contributed by atoms with Crippen LogP contribution in [-0.4, -0.2) is 16.5 Å². The smallest absolute Gasteiger partial charge is 0.156 e. The zero-order valence-corrected chi connectivity index (χ0v) is 19.2. The summed E-state index contributed by atoms with van der Waals surface area (Å²) in [5.41, 5.74) is 6.29. The number of ketones is 1. The van der Waals surface area contributed by atoms with E-state index in [-0.39, 0.29) is 11.2 Å². The van der Waals surface area contributed by atoms with Crippen molar-refractivity contribution in [3.05, 3.63) is 58.2 Å². The molecule has 0 saturated heterocycles. The molecule has 0 bridgehead atoms. The topological polar surface area (TPSA) is 37.3 Å². The Bertz CT molecular complexity index is 1060. The Morgan fingerprint density at radius 1 is 1.06 bits per heavy atom. The molecule has 5 aliphatic rings. The molecule has 5 atom stereocenters. The van der Waals surface area contributed by atoms with E-state index in [2.05, 4.69) is 37.1 Å². The third-order valence-electron chi connectivity index (χ3n) is 9.84. The number of aliphatic hydroxyl groups is 1. The Kier molecular flexibility index (Phi) is 4.61. The highest BCUT2D eigenvalue weighted by molar-refractivity contribution is 5.93. The fraction of sp³-hybridized carbons (Fsp3) is 0.567. The normalized spacial score (nSPS) is 38.5. The molecule has 1 aromatic carbocycles. The van der Waals surface area contributed by atoms with Gasteiger partial charge in [-0.25, -0.2) is 0 Å². The van der Waals surface area contributed by atoms with Crippen LogP contribution in [0.1, 0.15) is 94.1 Å². The summed E-state index contributed by atoms with van der Waals surface area (Å²) in [6.45, 7) is 2.32. The average Bonchev–Trinajstić information content (AvgIpc) is 3.59. The highest BCUT2D eigenvalue weighted by atomic mass is 16.3. The zero-order chi connectivity index (χ0) is 22.1. The molecule has 5 aliphatic carbocycles. The largest absolute Gasteiger partial charge is 0.388 e. The number of hydrogen-bond donors (Lipinski definition) is 1. The molecule has 6 rings (SSSR count). The first kappa shape index (κ1) is 20.5. The lowest BCUT2D eigenvalue weighted by Crippen LogP contribution is -2.51. The number of rotatable bonds is 3. The molecular formula is C30H34O2. The van der Waals surface area contributed by atoms with Crippen molar-refractivity contribution in [1.29, 1.82) is 0 Å². The number of carbonyl (C=O) groups excluding carboxylic acids is 1. The molecule has 1 aromatic rings. The second kappa shape index (κ2) is 7.19. The molecule has 2 heteroatoms. The van der Waals surface area contributed by atoms with Gasteiger partial charge in [0.25, 0.3) is 0 Å². The van der Waals surface area contributed by atoms with Gasteiger partial charge in [-0.05, 0) is 97.5 Å². The van der Waals surface area contributed by atoms with E-state index in [0.29, 0.717) is 30.6 Å². The molecule has 32 heavy (non-hydrogen) atoms. The van der Waals surface area contributed by atoms with Gasteiger partial charge in [-0.2, -0.15) is 0 Å². The molecule has 0 aliphatic heterocycles. The predicted octanol–water partition coefficient (Wildman–Crippen LogP) is 6.22. The van der Waals surface area contributed by atoms with Gasteiger partial charge in [0.05, 0.1) is 5.60 Å².